The van der Waals surface area contributed by atoms with E-state index in [1.54, 1.807) is 27.7 Å². The predicted octanol–water partition coefficient (Wildman–Crippen LogP) is 1.75. The second-order valence-electron chi connectivity index (χ2n) is 8.27. The van der Waals surface area contributed by atoms with Gasteiger partial charge in [-0.3, -0.25) is 14.7 Å². The zero-order valence-corrected chi connectivity index (χ0v) is 20.8. The standard InChI is InChI=1S/C20H27ClN6O6P/c1-6-20(9-32-34(30)19(4,5)26-11(3)17(29)31-7-2)12(28)8-13(33-20)27-10-23-14-15(22)24-18(21)25-16(14)27/h1,10-13,26,28H,7-9H2,2-5H3,(H2,22,24,25)/q+1/t11-,12-,13+,20+/m0/s1. The summed E-state index contributed by atoms with van der Waals surface area (Å²) in [6.45, 7) is 6.39. The number of carbonyl (C=O) groups is 1. The quantitative estimate of drug-likeness (QED) is 0.193. The molecule has 1 fully saturated rings. The molecule has 3 heterocycles. The minimum Gasteiger partial charge on any atom is -0.465 e. The van der Waals surface area contributed by atoms with Gasteiger partial charge in [0, 0.05) is 20.3 Å². The van der Waals surface area contributed by atoms with Crippen molar-refractivity contribution in [3.8, 4) is 12.3 Å². The van der Waals surface area contributed by atoms with E-state index in [2.05, 4.69) is 26.2 Å². The molecule has 184 valence electrons. The van der Waals surface area contributed by atoms with E-state index in [1.165, 1.54) is 10.9 Å². The van der Waals surface area contributed by atoms with Crippen LogP contribution in [0.5, 0.6) is 0 Å². The number of terminal acetylenes is 1. The fraction of sp³-hybridized carbons (Fsp3) is 0.600. The van der Waals surface area contributed by atoms with Crippen molar-refractivity contribution in [2.75, 3.05) is 18.9 Å². The van der Waals surface area contributed by atoms with Crippen molar-refractivity contribution in [2.45, 2.75) is 63.4 Å². The van der Waals surface area contributed by atoms with Crippen LogP contribution in [0, 0.1) is 12.3 Å². The SMILES string of the molecule is C#C[C@]1(CO[P+](=O)C(C)(C)N[C@@H](C)C(=O)OCC)O[C@@H](n2cnc3c(N)nc(Cl)nc32)C[C@@H]1O. The van der Waals surface area contributed by atoms with Gasteiger partial charge in [-0.25, -0.2) is 4.98 Å². The molecule has 34 heavy (non-hydrogen) atoms. The normalized spacial score (nSPS) is 24.1. The summed E-state index contributed by atoms with van der Waals surface area (Å²) < 4.78 is 31.0. The number of hydrogen-bond acceptors (Lipinski definition) is 11. The third-order valence-electron chi connectivity index (χ3n) is 5.35. The highest BCUT2D eigenvalue weighted by Gasteiger charge is 2.52. The lowest BCUT2D eigenvalue weighted by Crippen LogP contribution is -2.47. The Hall–Kier alpha value is -2.39. The summed E-state index contributed by atoms with van der Waals surface area (Å²) in [7, 11) is -2.39. The van der Waals surface area contributed by atoms with E-state index in [0.717, 1.165) is 0 Å². The number of nitrogens with zero attached hydrogens (tertiary/aromatic N) is 4. The van der Waals surface area contributed by atoms with E-state index in [0.29, 0.717) is 11.2 Å². The van der Waals surface area contributed by atoms with E-state index >= 15 is 0 Å². The summed E-state index contributed by atoms with van der Waals surface area (Å²) in [5.74, 6) is 2.06. The van der Waals surface area contributed by atoms with Crippen molar-refractivity contribution in [2.24, 2.45) is 0 Å². The average molecular weight is 514 g/mol. The van der Waals surface area contributed by atoms with E-state index in [9.17, 15) is 14.5 Å². The summed E-state index contributed by atoms with van der Waals surface area (Å²) in [5.41, 5.74) is 4.90. The molecule has 2 aromatic rings. The van der Waals surface area contributed by atoms with Crippen molar-refractivity contribution < 1.29 is 28.5 Å². The van der Waals surface area contributed by atoms with Crippen molar-refractivity contribution in [1.29, 1.82) is 0 Å². The summed E-state index contributed by atoms with van der Waals surface area (Å²) in [5, 5.41) is 12.5. The first-order valence-corrected chi connectivity index (χ1v) is 12.0. The zero-order valence-electron chi connectivity index (χ0n) is 19.2. The number of ether oxygens (including phenoxy) is 2. The van der Waals surface area contributed by atoms with Gasteiger partial charge in [0.1, 0.15) is 30.5 Å². The average Bonchev–Trinajstić information content (AvgIpc) is 3.33. The highest BCUT2D eigenvalue weighted by atomic mass is 35.5. The first-order chi connectivity index (χ1) is 15.9. The van der Waals surface area contributed by atoms with Gasteiger partial charge >= 0.3 is 14.0 Å². The molecule has 1 aliphatic heterocycles. The molecule has 0 bridgehead atoms. The molecule has 0 spiro atoms. The third-order valence-corrected chi connectivity index (χ3v) is 6.92. The number of nitrogens with two attached hydrogens (primary N) is 1. The number of aliphatic hydroxyl groups is 1. The molecule has 0 aliphatic carbocycles. The summed E-state index contributed by atoms with van der Waals surface area (Å²) in [4.78, 5) is 24.1. The van der Waals surface area contributed by atoms with E-state index in [1.807, 2.05) is 0 Å². The summed E-state index contributed by atoms with van der Waals surface area (Å²) >= 11 is 5.92. The molecular formula is C20H27ClN6O6P+. The Labute approximate surface area is 202 Å². The number of fused-ring (bicyclic) bond motifs is 1. The molecule has 0 amide bonds. The van der Waals surface area contributed by atoms with Crippen LogP contribution in [0.25, 0.3) is 11.2 Å². The number of hydrogen-bond donors (Lipinski definition) is 3. The van der Waals surface area contributed by atoms with Crippen LogP contribution in [0.1, 0.15) is 40.3 Å². The van der Waals surface area contributed by atoms with Crippen LogP contribution >= 0.6 is 19.6 Å². The van der Waals surface area contributed by atoms with Gasteiger partial charge in [0.25, 0.3) is 0 Å². The Balaban J connectivity index is 1.73. The monoisotopic (exact) mass is 513 g/mol. The van der Waals surface area contributed by atoms with Crippen LogP contribution in [0.3, 0.4) is 0 Å². The molecule has 0 saturated carbocycles. The maximum absolute atomic E-state index is 12.9. The Morgan fingerprint density at radius 3 is 2.94 bits per heavy atom. The number of esters is 1. The van der Waals surface area contributed by atoms with Crippen LogP contribution in [-0.2, 0) is 23.4 Å². The zero-order chi connectivity index (χ0) is 25.3. The smallest absolute Gasteiger partial charge is 0.465 e. The minimum absolute atomic E-state index is 0.0689. The van der Waals surface area contributed by atoms with Crippen LogP contribution in [0.2, 0.25) is 5.28 Å². The van der Waals surface area contributed by atoms with Crippen molar-refractivity contribution in [3.05, 3.63) is 11.6 Å². The number of carbonyl (C=O) groups excluding carboxylic acids is 1. The number of rotatable bonds is 9. The second kappa shape index (κ2) is 10.1. The topological polar surface area (TPSA) is 164 Å². The fourth-order valence-corrected chi connectivity index (χ4v) is 4.67. The lowest BCUT2D eigenvalue weighted by Gasteiger charge is -2.25. The van der Waals surface area contributed by atoms with Gasteiger partial charge in [0.15, 0.2) is 17.1 Å². The predicted molar refractivity (Wildman–Crippen MR) is 124 cm³/mol. The fourth-order valence-electron chi connectivity index (χ4n) is 3.57. The van der Waals surface area contributed by atoms with Gasteiger partial charge in [-0.15, -0.1) is 10.9 Å². The number of anilines is 1. The van der Waals surface area contributed by atoms with Crippen LogP contribution in [0.4, 0.5) is 5.82 Å². The van der Waals surface area contributed by atoms with E-state index in [4.69, 9.17) is 37.8 Å². The Bertz CT molecular complexity index is 1140. The van der Waals surface area contributed by atoms with Gasteiger partial charge < -0.3 is 20.3 Å². The maximum atomic E-state index is 12.9. The third kappa shape index (κ3) is 5.15. The Kier molecular flexibility index (Phi) is 7.77. The first kappa shape index (κ1) is 26.2. The molecular weight excluding hydrogens is 487 g/mol. The molecule has 0 aromatic carbocycles. The molecule has 1 unspecified atom stereocenters. The van der Waals surface area contributed by atoms with Crippen LogP contribution < -0.4 is 11.1 Å². The number of aromatic nitrogens is 4. The maximum Gasteiger partial charge on any atom is 0.530 e. The van der Waals surface area contributed by atoms with Gasteiger partial charge in [-0.1, -0.05) is 5.92 Å². The molecule has 1 saturated heterocycles. The highest BCUT2D eigenvalue weighted by Crippen LogP contribution is 2.43. The molecule has 1 aliphatic rings. The van der Waals surface area contributed by atoms with E-state index in [-0.39, 0.29) is 30.7 Å². The minimum atomic E-state index is -2.39. The van der Waals surface area contributed by atoms with Crippen molar-refractivity contribution in [1.82, 2.24) is 24.8 Å². The number of nitrogen functional groups attached to an aromatic ring is 1. The number of aliphatic hydroxyl groups excluding tert-OH is 1. The van der Waals surface area contributed by atoms with Gasteiger partial charge in [0.05, 0.1) is 12.9 Å². The van der Waals surface area contributed by atoms with Gasteiger partial charge in [-0.05, 0) is 30.0 Å². The first-order valence-electron chi connectivity index (χ1n) is 10.5. The van der Waals surface area contributed by atoms with Crippen LogP contribution in [-0.4, -0.2) is 66.8 Å². The molecule has 4 N–H and O–H groups in total. The molecule has 2 aromatic heterocycles. The van der Waals surface area contributed by atoms with Crippen molar-refractivity contribution >= 4 is 42.6 Å². The van der Waals surface area contributed by atoms with Crippen molar-refractivity contribution in [3.63, 3.8) is 0 Å². The van der Waals surface area contributed by atoms with E-state index < -0.39 is 43.3 Å². The largest absolute Gasteiger partial charge is 0.530 e. The summed E-state index contributed by atoms with van der Waals surface area (Å²) in [6, 6.07) is -0.715. The Morgan fingerprint density at radius 1 is 1.59 bits per heavy atom. The lowest BCUT2D eigenvalue weighted by molar-refractivity contribution is -0.145. The van der Waals surface area contributed by atoms with Gasteiger partial charge in [0.2, 0.25) is 10.6 Å². The number of imidazole rings is 1. The molecule has 5 atom stereocenters. The highest BCUT2D eigenvalue weighted by molar-refractivity contribution is 7.41. The Morgan fingerprint density at radius 2 is 2.29 bits per heavy atom. The molecule has 12 nitrogen and oxygen atoms in total. The second-order valence-corrected chi connectivity index (χ2v) is 10.5. The van der Waals surface area contributed by atoms with Gasteiger partial charge in [-0.2, -0.15) is 9.97 Å². The van der Waals surface area contributed by atoms with Crippen LogP contribution in [0.15, 0.2) is 6.33 Å². The number of nitrogens with one attached hydrogen (secondary N) is 1. The molecule has 3 rings (SSSR count). The lowest BCUT2D eigenvalue weighted by atomic mass is 9.99. The molecule has 14 heteroatoms. The number of halogens is 1. The summed E-state index contributed by atoms with van der Waals surface area (Å²) in [6.07, 6.45) is 5.31. The molecule has 0 radical (unpaired) electrons.